The number of nitrogens with zero attached hydrogens (tertiary/aromatic N) is 1. The van der Waals surface area contributed by atoms with Crippen molar-refractivity contribution in [3.63, 3.8) is 0 Å². The molecule has 1 heterocycles. The van der Waals surface area contributed by atoms with Crippen molar-refractivity contribution < 1.29 is 23.4 Å². The fraction of sp³-hybridized carbons (Fsp3) is 0.200. The van der Waals surface area contributed by atoms with Gasteiger partial charge in [-0.05, 0) is 17.7 Å². The molecule has 1 N–H and O–H groups in total. The maximum atomic E-state index is 13.0. The molecule has 0 fully saturated rings. The molecule has 146 valence electrons. The largest absolute Gasteiger partial charge is 0.496 e. The third-order valence-corrected chi connectivity index (χ3v) is 4.93. The number of methoxy groups -OCH3 is 3. The highest BCUT2D eigenvalue weighted by molar-refractivity contribution is 7.15. The number of aromatic nitrogens is 1. The van der Waals surface area contributed by atoms with E-state index in [9.17, 15) is 9.18 Å². The van der Waals surface area contributed by atoms with E-state index in [1.54, 1.807) is 30.5 Å². The Balaban J connectivity index is 1.76. The second kappa shape index (κ2) is 8.71. The minimum atomic E-state index is -0.375. The van der Waals surface area contributed by atoms with Crippen LogP contribution < -0.4 is 19.5 Å². The van der Waals surface area contributed by atoms with Crippen LogP contribution in [0, 0.1) is 5.82 Å². The van der Waals surface area contributed by atoms with Gasteiger partial charge in [0.05, 0.1) is 26.9 Å². The predicted octanol–water partition coefficient (Wildman–Crippen LogP) is 4.15. The molecule has 0 radical (unpaired) electrons. The Bertz CT molecular complexity index is 973. The topological polar surface area (TPSA) is 69.7 Å². The number of carbonyl (C=O) groups excluding carboxylic acids is 1. The van der Waals surface area contributed by atoms with Gasteiger partial charge in [0, 0.05) is 29.6 Å². The zero-order valence-corrected chi connectivity index (χ0v) is 16.4. The fourth-order valence-electron chi connectivity index (χ4n) is 2.62. The van der Waals surface area contributed by atoms with Crippen LogP contribution in [0.25, 0.3) is 0 Å². The standard InChI is InChI=1S/C20H19FN2O4S/c1-25-16-10-18(27-3)17(26-2)9-15(16)19(24)23-20-22-11-14(28-20)8-12-4-6-13(21)7-5-12/h4-7,9-11H,8H2,1-3H3,(H,22,23,24). The monoisotopic (exact) mass is 402 g/mol. The van der Waals surface area contributed by atoms with Crippen molar-refractivity contribution in [3.05, 3.63) is 64.4 Å². The molecule has 3 aromatic rings. The van der Waals surface area contributed by atoms with Crippen molar-refractivity contribution in [2.45, 2.75) is 6.42 Å². The summed E-state index contributed by atoms with van der Waals surface area (Å²) in [6, 6.07) is 9.43. The lowest BCUT2D eigenvalue weighted by atomic mass is 10.1. The molecule has 0 aliphatic heterocycles. The third kappa shape index (κ3) is 4.40. The van der Waals surface area contributed by atoms with Gasteiger partial charge in [-0.15, -0.1) is 11.3 Å². The predicted molar refractivity (Wildman–Crippen MR) is 105 cm³/mol. The van der Waals surface area contributed by atoms with Gasteiger partial charge < -0.3 is 14.2 Å². The van der Waals surface area contributed by atoms with Gasteiger partial charge in [0.25, 0.3) is 5.91 Å². The number of benzene rings is 2. The summed E-state index contributed by atoms with van der Waals surface area (Å²) in [5.74, 6) is 0.597. The van der Waals surface area contributed by atoms with Crippen molar-refractivity contribution in [2.24, 2.45) is 0 Å². The number of ether oxygens (including phenoxy) is 3. The Morgan fingerprint density at radius 2 is 1.68 bits per heavy atom. The third-order valence-electron chi connectivity index (χ3n) is 4.02. The number of rotatable bonds is 7. The number of carbonyl (C=O) groups is 1. The molecule has 0 aliphatic carbocycles. The Morgan fingerprint density at radius 1 is 1.04 bits per heavy atom. The summed E-state index contributed by atoms with van der Waals surface area (Å²) in [6.45, 7) is 0. The van der Waals surface area contributed by atoms with Gasteiger partial charge in [-0.1, -0.05) is 12.1 Å². The van der Waals surface area contributed by atoms with Gasteiger partial charge in [0.15, 0.2) is 16.6 Å². The van der Waals surface area contributed by atoms with E-state index in [1.807, 2.05) is 0 Å². The SMILES string of the molecule is COc1cc(OC)c(C(=O)Nc2ncc(Cc3ccc(F)cc3)s2)cc1OC. The molecule has 2 aromatic carbocycles. The average molecular weight is 402 g/mol. The van der Waals surface area contributed by atoms with Crippen LogP contribution in [0.15, 0.2) is 42.6 Å². The molecule has 0 spiro atoms. The molecule has 6 nitrogen and oxygen atoms in total. The van der Waals surface area contributed by atoms with E-state index in [2.05, 4.69) is 10.3 Å². The van der Waals surface area contributed by atoms with Crippen LogP contribution in [0.3, 0.4) is 0 Å². The van der Waals surface area contributed by atoms with Crippen molar-refractivity contribution >= 4 is 22.4 Å². The van der Waals surface area contributed by atoms with Gasteiger partial charge in [-0.3, -0.25) is 10.1 Å². The number of amides is 1. The molecule has 3 rings (SSSR count). The van der Waals surface area contributed by atoms with Crippen LogP contribution in [-0.2, 0) is 6.42 Å². The quantitative estimate of drug-likeness (QED) is 0.643. The zero-order chi connectivity index (χ0) is 20.1. The van der Waals surface area contributed by atoms with E-state index >= 15 is 0 Å². The van der Waals surface area contributed by atoms with Crippen LogP contribution in [0.5, 0.6) is 17.2 Å². The summed E-state index contributed by atoms with van der Waals surface area (Å²) in [6.07, 6.45) is 2.29. The zero-order valence-electron chi connectivity index (χ0n) is 15.6. The van der Waals surface area contributed by atoms with Gasteiger partial charge in [0.1, 0.15) is 11.6 Å². The van der Waals surface area contributed by atoms with E-state index < -0.39 is 0 Å². The van der Waals surface area contributed by atoms with Crippen LogP contribution in [0.1, 0.15) is 20.8 Å². The normalized spacial score (nSPS) is 10.4. The molecule has 0 saturated heterocycles. The Kier molecular flexibility index (Phi) is 6.10. The maximum Gasteiger partial charge on any atom is 0.261 e. The van der Waals surface area contributed by atoms with Gasteiger partial charge in [-0.25, -0.2) is 9.37 Å². The number of nitrogens with one attached hydrogen (secondary N) is 1. The summed E-state index contributed by atoms with van der Waals surface area (Å²) in [5.41, 5.74) is 1.26. The molecule has 0 unspecified atom stereocenters. The first-order valence-electron chi connectivity index (χ1n) is 8.34. The molecule has 8 heteroatoms. The first kappa shape index (κ1) is 19.6. The molecule has 0 bridgehead atoms. The van der Waals surface area contributed by atoms with Crippen LogP contribution in [0.2, 0.25) is 0 Å². The smallest absolute Gasteiger partial charge is 0.261 e. The lowest BCUT2D eigenvalue weighted by Gasteiger charge is -2.13. The summed E-state index contributed by atoms with van der Waals surface area (Å²) in [7, 11) is 4.48. The fourth-order valence-corrected chi connectivity index (χ4v) is 3.46. The highest BCUT2D eigenvalue weighted by Crippen LogP contribution is 2.35. The molecular formula is C20H19FN2O4S. The Morgan fingerprint density at radius 3 is 2.32 bits per heavy atom. The lowest BCUT2D eigenvalue weighted by Crippen LogP contribution is -2.13. The minimum Gasteiger partial charge on any atom is -0.496 e. The highest BCUT2D eigenvalue weighted by atomic mass is 32.1. The summed E-state index contributed by atoms with van der Waals surface area (Å²) < 4.78 is 28.8. The second-order valence-electron chi connectivity index (χ2n) is 5.80. The first-order valence-corrected chi connectivity index (χ1v) is 9.16. The van der Waals surface area contributed by atoms with Crippen LogP contribution in [0.4, 0.5) is 9.52 Å². The Hall–Kier alpha value is -3.13. The van der Waals surface area contributed by atoms with E-state index in [1.165, 1.54) is 44.8 Å². The molecule has 28 heavy (non-hydrogen) atoms. The van der Waals surface area contributed by atoms with Crippen LogP contribution >= 0.6 is 11.3 Å². The van der Waals surface area contributed by atoms with E-state index in [-0.39, 0.29) is 11.7 Å². The summed E-state index contributed by atoms with van der Waals surface area (Å²) in [4.78, 5) is 17.9. The number of anilines is 1. The van der Waals surface area contributed by atoms with E-state index in [4.69, 9.17) is 14.2 Å². The maximum absolute atomic E-state index is 13.0. The van der Waals surface area contributed by atoms with Crippen molar-refractivity contribution in [3.8, 4) is 17.2 Å². The number of thiazole rings is 1. The highest BCUT2D eigenvalue weighted by Gasteiger charge is 2.19. The summed E-state index contributed by atoms with van der Waals surface area (Å²) in [5, 5.41) is 3.23. The minimum absolute atomic E-state index is 0.273. The molecule has 1 amide bonds. The van der Waals surface area contributed by atoms with Crippen molar-refractivity contribution in [1.29, 1.82) is 0 Å². The number of hydrogen-bond donors (Lipinski definition) is 1. The van der Waals surface area contributed by atoms with Gasteiger partial charge >= 0.3 is 0 Å². The second-order valence-corrected chi connectivity index (χ2v) is 6.91. The Labute approximate surface area is 165 Å². The average Bonchev–Trinajstić information content (AvgIpc) is 3.15. The molecule has 1 aromatic heterocycles. The van der Waals surface area contributed by atoms with Crippen LogP contribution in [-0.4, -0.2) is 32.2 Å². The van der Waals surface area contributed by atoms with E-state index in [0.29, 0.717) is 34.4 Å². The van der Waals surface area contributed by atoms with Gasteiger partial charge in [0.2, 0.25) is 0 Å². The lowest BCUT2D eigenvalue weighted by molar-refractivity contribution is 0.102. The van der Waals surface area contributed by atoms with Crippen molar-refractivity contribution in [1.82, 2.24) is 4.98 Å². The number of hydrogen-bond acceptors (Lipinski definition) is 6. The summed E-state index contributed by atoms with van der Waals surface area (Å²) >= 11 is 1.35. The molecular weight excluding hydrogens is 383 g/mol. The van der Waals surface area contributed by atoms with Gasteiger partial charge in [-0.2, -0.15) is 0 Å². The number of halogens is 1. The van der Waals surface area contributed by atoms with E-state index in [0.717, 1.165) is 10.4 Å². The van der Waals surface area contributed by atoms with Crippen molar-refractivity contribution in [2.75, 3.05) is 26.6 Å². The first-order chi connectivity index (χ1) is 13.5. The molecule has 0 saturated carbocycles. The molecule has 0 atom stereocenters. The molecule has 0 aliphatic rings.